The minimum absolute atomic E-state index is 0.822. The number of aliphatic imine (C=N–C) groups is 1. The Morgan fingerprint density at radius 3 is 1.53 bits per heavy atom. The summed E-state index contributed by atoms with van der Waals surface area (Å²) in [7, 11) is 0. The van der Waals surface area contributed by atoms with E-state index in [1.807, 2.05) is 60.7 Å². The molecule has 0 saturated carbocycles. The van der Waals surface area contributed by atoms with Gasteiger partial charge >= 0.3 is 0 Å². The molecule has 0 aliphatic heterocycles. The van der Waals surface area contributed by atoms with E-state index >= 15 is 0 Å². The predicted octanol–water partition coefficient (Wildman–Crippen LogP) is 3.29. The number of para-hydroxylation sites is 2. The van der Waals surface area contributed by atoms with Gasteiger partial charge in [-0.05, 0) is 31.0 Å². The summed E-state index contributed by atoms with van der Waals surface area (Å²) in [6, 6.07) is 19.1. The van der Waals surface area contributed by atoms with Crippen molar-refractivity contribution in [2.24, 2.45) is 4.99 Å². The van der Waals surface area contributed by atoms with Crippen molar-refractivity contribution in [3.8, 4) is 0 Å². The van der Waals surface area contributed by atoms with E-state index in [0.29, 0.717) is 0 Å². The number of hydrogen-bond acceptors (Lipinski definition) is 2. The summed E-state index contributed by atoms with van der Waals surface area (Å²) < 4.78 is 0. The van der Waals surface area contributed by atoms with Crippen molar-refractivity contribution in [1.82, 2.24) is 0 Å². The van der Waals surface area contributed by atoms with Gasteiger partial charge in [0.1, 0.15) is 0 Å². The number of nitrogens with two attached hydrogens (primary N) is 1. The summed E-state index contributed by atoms with van der Waals surface area (Å²) in [6.45, 7) is 3.38. The van der Waals surface area contributed by atoms with Crippen molar-refractivity contribution >= 4 is 18.1 Å². The first-order valence-corrected chi connectivity index (χ1v) is 4.65. The molecule has 0 aromatic heterocycles. The third kappa shape index (κ3) is 4.62. The molecule has 0 heterocycles. The Labute approximate surface area is 90.1 Å². The fourth-order valence-electron chi connectivity index (χ4n) is 0.986. The Morgan fingerprint density at radius 2 is 1.27 bits per heavy atom. The van der Waals surface area contributed by atoms with Crippen molar-refractivity contribution in [3.05, 3.63) is 60.7 Å². The van der Waals surface area contributed by atoms with Crippen LogP contribution in [0.1, 0.15) is 0 Å². The van der Waals surface area contributed by atoms with Gasteiger partial charge in [-0.15, -0.1) is 0 Å². The SMILES string of the molecule is C=Nc1ccccc1.Nc1ccccc1. The third-order valence-corrected chi connectivity index (χ3v) is 1.74. The lowest BCUT2D eigenvalue weighted by molar-refractivity contribution is 1.55. The molecule has 2 rings (SSSR count). The highest BCUT2D eigenvalue weighted by Crippen LogP contribution is 2.06. The Morgan fingerprint density at radius 1 is 0.800 bits per heavy atom. The quantitative estimate of drug-likeness (QED) is 0.554. The molecule has 2 aromatic rings. The normalized spacial score (nSPS) is 8.53. The molecule has 0 aliphatic rings. The predicted molar refractivity (Wildman–Crippen MR) is 66.5 cm³/mol. The Hall–Kier alpha value is -2.09. The Balaban J connectivity index is 0.000000151. The summed E-state index contributed by atoms with van der Waals surface area (Å²) in [5.41, 5.74) is 7.10. The molecule has 2 aromatic carbocycles. The Bertz CT molecular complexity index is 382. The van der Waals surface area contributed by atoms with Gasteiger partial charge in [0.05, 0.1) is 5.69 Å². The molecule has 2 heteroatoms. The fraction of sp³-hybridized carbons (Fsp3) is 0. The van der Waals surface area contributed by atoms with Gasteiger partial charge < -0.3 is 5.73 Å². The first kappa shape index (κ1) is 11.0. The van der Waals surface area contributed by atoms with Crippen LogP contribution in [0, 0.1) is 0 Å². The van der Waals surface area contributed by atoms with E-state index in [2.05, 4.69) is 11.7 Å². The van der Waals surface area contributed by atoms with Gasteiger partial charge in [0.15, 0.2) is 0 Å². The second-order valence-electron chi connectivity index (χ2n) is 2.90. The minimum atomic E-state index is 0.822. The second kappa shape index (κ2) is 6.38. The number of nitrogen functional groups attached to an aromatic ring is 1. The second-order valence-corrected chi connectivity index (χ2v) is 2.90. The van der Waals surface area contributed by atoms with Crippen LogP contribution < -0.4 is 5.73 Å². The number of benzene rings is 2. The zero-order valence-electron chi connectivity index (χ0n) is 8.51. The molecule has 0 fully saturated rings. The van der Waals surface area contributed by atoms with E-state index < -0.39 is 0 Å². The van der Waals surface area contributed by atoms with Gasteiger partial charge in [-0.1, -0.05) is 36.4 Å². The van der Waals surface area contributed by atoms with Crippen LogP contribution in [-0.2, 0) is 0 Å². The summed E-state index contributed by atoms with van der Waals surface area (Å²) in [6.07, 6.45) is 0. The summed E-state index contributed by atoms with van der Waals surface area (Å²) in [5.74, 6) is 0. The lowest BCUT2D eigenvalue weighted by atomic mass is 10.3. The molecular formula is C13H14N2. The summed E-state index contributed by atoms with van der Waals surface area (Å²) in [5, 5.41) is 0. The van der Waals surface area contributed by atoms with Crippen LogP contribution in [0.3, 0.4) is 0 Å². The van der Waals surface area contributed by atoms with Crippen LogP contribution in [-0.4, -0.2) is 6.72 Å². The lowest BCUT2D eigenvalue weighted by Crippen LogP contribution is -1.79. The van der Waals surface area contributed by atoms with Gasteiger partial charge in [0.25, 0.3) is 0 Å². The Kier molecular flexibility index (Phi) is 4.67. The maximum atomic E-state index is 5.36. The molecule has 0 bridgehead atoms. The molecule has 0 atom stereocenters. The zero-order chi connectivity index (χ0) is 10.9. The molecule has 76 valence electrons. The molecule has 15 heavy (non-hydrogen) atoms. The van der Waals surface area contributed by atoms with Gasteiger partial charge in [0.2, 0.25) is 0 Å². The average molecular weight is 198 g/mol. The fourth-order valence-corrected chi connectivity index (χ4v) is 0.986. The molecule has 0 aliphatic carbocycles. The van der Waals surface area contributed by atoms with Crippen molar-refractivity contribution in [3.63, 3.8) is 0 Å². The summed E-state index contributed by atoms with van der Waals surface area (Å²) in [4.78, 5) is 3.72. The highest BCUT2D eigenvalue weighted by Gasteiger charge is 1.77. The smallest absolute Gasteiger partial charge is 0.0622 e. The number of anilines is 1. The molecule has 0 amide bonds. The highest BCUT2D eigenvalue weighted by atomic mass is 14.7. The van der Waals surface area contributed by atoms with Crippen LogP contribution >= 0.6 is 0 Å². The highest BCUT2D eigenvalue weighted by molar-refractivity contribution is 5.44. The first-order valence-electron chi connectivity index (χ1n) is 4.65. The zero-order valence-corrected chi connectivity index (χ0v) is 8.51. The summed E-state index contributed by atoms with van der Waals surface area (Å²) >= 11 is 0. The number of rotatable bonds is 1. The molecule has 2 nitrogen and oxygen atoms in total. The molecule has 0 spiro atoms. The van der Waals surface area contributed by atoms with E-state index in [-0.39, 0.29) is 0 Å². The lowest BCUT2D eigenvalue weighted by Gasteiger charge is -1.84. The van der Waals surface area contributed by atoms with Gasteiger partial charge in [-0.2, -0.15) is 0 Å². The van der Waals surface area contributed by atoms with E-state index in [9.17, 15) is 0 Å². The van der Waals surface area contributed by atoms with Crippen LogP contribution in [0.15, 0.2) is 65.7 Å². The van der Waals surface area contributed by atoms with Gasteiger partial charge in [-0.25, -0.2) is 0 Å². The third-order valence-electron chi connectivity index (χ3n) is 1.74. The van der Waals surface area contributed by atoms with Gasteiger partial charge in [0, 0.05) is 5.69 Å². The molecule has 0 saturated heterocycles. The first-order chi connectivity index (χ1) is 7.33. The molecule has 0 radical (unpaired) electrons. The van der Waals surface area contributed by atoms with E-state index in [1.54, 1.807) is 0 Å². The van der Waals surface area contributed by atoms with E-state index in [1.165, 1.54) is 0 Å². The monoisotopic (exact) mass is 198 g/mol. The van der Waals surface area contributed by atoms with Crippen molar-refractivity contribution in [1.29, 1.82) is 0 Å². The van der Waals surface area contributed by atoms with Crippen LogP contribution in [0.2, 0.25) is 0 Å². The number of nitrogens with zero attached hydrogens (tertiary/aromatic N) is 1. The number of hydrogen-bond donors (Lipinski definition) is 1. The van der Waals surface area contributed by atoms with E-state index in [4.69, 9.17) is 5.73 Å². The van der Waals surface area contributed by atoms with Crippen molar-refractivity contribution in [2.45, 2.75) is 0 Å². The molecular weight excluding hydrogens is 184 g/mol. The largest absolute Gasteiger partial charge is 0.399 e. The van der Waals surface area contributed by atoms with Crippen LogP contribution in [0.25, 0.3) is 0 Å². The molecule has 2 N–H and O–H groups in total. The maximum Gasteiger partial charge on any atom is 0.0622 e. The topological polar surface area (TPSA) is 38.4 Å². The van der Waals surface area contributed by atoms with Crippen molar-refractivity contribution in [2.75, 3.05) is 5.73 Å². The van der Waals surface area contributed by atoms with Crippen molar-refractivity contribution < 1.29 is 0 Å². The van der Waals surface area contributed by atoms with E-state index in [0.717, 1.165) is 11.4 Å². The van der Waals surface area contributed by atoms with Gasteiger partial charge in [-0.3, -0.25) is 4.99 Å². The average Bonchev–Trinajstić information content (AvgIpc) is 2.32. The minimum Gasteiger partial charge on any atom is -0.399 e. The maximum absolute atomic E-state index is 5.36. The van der Waals surface area contributed by atoms with Crippen LogP contribution in [0.5, 0.6) is 0 Å². The standard InChI is InChI=1S/C7H7N.C6H7N/c1-8-7-5-3-2-4-6-7;7-6-4-2-1-3-5-6/h2-6H,1H2;1-5H,7H2. The van der Waals surface area contributed by atoms with Crippen LogP contribution in [0.4, 0.5) is 11.4 Å². The molecule has 0 unspecified atom stereocenters.